The highest BCUT2D eigenvalue weighted by atomic mass is 16.5. The number of nitrogens with zero attached hydrogens (tertiary/aromatic N) is 1. The minimum Gasteiger partial charge on any atom is -0.492 e. The van der Waals surface area contributed by atoms with E-state index in [-0.39, 0.29) is 6.61 Å². The summed E-state index contributed by atoms with van der Waals surface area (Å²) in [7, 11) is 0. The van der Waals surface area contributed by atoms with Crippen LogP contribution in [0.25, 0.3) is 0 Å². The second kappa shape index (κ2) is 9.61. The molecule has 0 radical (unpaired) electrons. The van der Waals surface area contributed by atoms with E-state index in [0.29, 0.717) is 36.9 Å². The van der Waals surface area contributed by atoms with Gasteiger partial charge in [-0.05, 0) is 42.8 Å². The Hall–Kier alpha value is -2.64. The summed E-state index contributed by atoms with van der Waals surface area (Å²) >= 11 is 0. The Morgan fingerprint density at radius 3 is 2.72 bits per heavy atom. The third-order valence-corrected chi connectivity index (χ3v) is 3.38. The predicted octanol–water partition coefficient (Wildman–Crippen LogP) is 0.897. The van der Waals surface area contributed by atoms with E-state index in [1.54, 1.807) is 30.5 Å². The van der Waals surface area contributed by atoms with Crippen LogP contribution in [0.5, 0.6) is 11.6 Å². The second-order valence-corrected chi connectivity index (χ2v) is 5.58. The fourth-order valence-electron chi connectivity index (χ4n) is 2.05. The number of pyridine rings is 1. The maximum absolute atomic E-state index is 11.0. The van der Waals surface area contributed by atoms with Crippen molar-refractivity contribution in [2.45, 2.75) is 13.0 Å². The summed E-state index contributed by atoms with van der Waals surface area (Å²) in [5, 5.41) is 13.0. The van der Waals surface area contributed by atoms with Gasteiger partial charge in [0.15, 0.2) is 0 Å². The Morgan fingerprint density at radius 2 is 2.04 bits per heavy atom. The van der Waals surface area contributed by atoms with E-state index < -0.39 is 12.0 Å². The number of aliphatic hydroxyl groups is 1. The van der Waals surface area contributed by atoms with Crippen LogP contribution in [0.4, 0.5) is 0 Å². The minimum atomic E-state index is -0.642. The third kappa shape index (κ3) is 6.78. The van der Waals surface area contributed by atoms with Gasteiger partial charge in [-0.25, -0.2) is 4.98 Å². The van der Waals surface area contributed by atoms with Crippen molar-refractivity contribution in [3.05, 3.63) is 53.7 Å². The van der Waals surface area contributed by atoms with Gasteiger partial charge in [-0.1, -0.05) is 0 Å². The number of carbonyl (C=O) groups excluding carboxylic acids is 1. The Balaban J connectivity index is 1.58. The number of amides is 1. The fraction of sp³-hybridized carbons (Fsp3) is 0.333. The molecule has 2 rings (SSSR count). The zero-order valence-electron chi connectivity index (χ0n) is 14.1. The molecule has 1 atom stereocenters. The van der Waals surface area contributed by atoms with Crippen LogP contribution in [0, 0.1) is 6.92 Å². The molecule has 0 bridgehead atoms. The lowest BCUT2D eigenvalue weighted by molar-refractivity contribution is 0.1000. The van der Waals surface area contributed by atoms with Crippen LogP contribution in [0.15, 0.2) is 42.6 Å². The van der Waals surface area contributed by atoms with E-state index in [1.165, 1.54) is 0 Å². The molecule has 7 heteroatoms. The first kappa shape index (κ1) is 18.7. The van der Waals surface area contributed by atoms with Crippen LogP contribution in [0.3, 0.4) is 0 Å². The number of hydrogen-bond donors (Lipinski definition) is 3. The average Bonchev–Trinajstić information content (AvgIpc) is 2.60. The highest BCUT2D eigenvalue weighted by molar-refractivity contribution is 5.92. The zero-order chi connectivity index (χ0) is 18.1. The molecule has 0 aliphatic heterocycles. The summed E-state index contributed by atoms with van der Waals surface area (Å²) in [6.07, 6.45) is 1.03. The molecule has 1 unspecified atom stereocenters. The normalized spacial score (nSPS) is 11.8. The Morgan fingerprint density at radius 1 is 1.28 bits per heavy atom. The van der Waals surface area contributed by atoms with E-state index in [2.05, 4.69) is 10.3 Å². The number of hydrogen-bond acceptors (Lipinski definition) is 6. The van der Waals surface area contributed by atoms with Gasteiger partial charge in [0.1, 0.15) is 25.1 Å². The van der Waals surface area contributed by atoms with Crippen molar-refractivity contribution < 1.29 is 19.4 Å². The Bertz CT molecular complexity index is 676. The molecule has 4 N–H and O–H groups in total. The largest absolute Gasteiger partial charge is 0.492 e. The van der Waals surface area contributed by atoms with Crippen LogP contribution in [-0.4, -0.2) is 48.4 Å². The summed E-state index contributed by atoms with van der Waals surface area (Å²) in [4.78, 5) is 15.0. The van der Waals surface area contributed by atoms with Gasteiger partial charge in [-0.15, -0.1) is 0 Å². The monoisotopic (exact) mass is 345 g/mol. The average molecular weight is 345 g/mol. The van der Waals surface area contributed by atoms with E-state index in [1.807, 2.05) is 19.1 Å². The van der Waals surface area contributed by atoms with Crippen LogP contribution >= 0.6 is 0 Å². The molecule has 1 heterocycles. The molecule has 1 amide bonds. The standard InChI is InChI=1S/C18H23N3O4/c1-13-6-7-21-17(10-13)25-12-15(22)11-20-8-9-24-16-4-2-14(3-5-16)18(19)23/h2-7,10,15,20,22H,8-9,11-12H2,1H3,(H2,19,23). The summed E-state index contributed by atoms with van der Waals surface area (Å²) in [5.74, 6) is 0.688. The first-order valence-electron chi connectivity index (χ1n) is 8.01. The lowest BCUT2D eigenvalue weighted by Crippen LogP contribution is -2.33. The van der Waals surface area contributed by atoms with Gasteiger partial charge in [0.05, 0.1) is 0 Å². The number of aliphatic hydroxyl groups excluding tert-OH is 1. The Kier molecular flexibility index (Phi) is 7.18. The molecule has 0 aliphatic rings. The number of carbonyl (C=O) groups is 1. The van der Waals surface area contributed by atoms with E-state index in [4.69, 9.17) is 15.2 Å². The maximum atomic E-state index is 11.0. The van der Waals surface area contributed by atoms with Gasteiger partial charge in [0.25, 0.3) is 0 Å². The molecular weight excluding hydrogens is 322 g/mol. The SMILES string of the molecule is Cc1ccnc(OCC(O)CNCCOc2ccc(C(N)=O)cc2)c1. The van der Waals surface area contributed by atoms with Crippen molar-refractivity contribution in [3.63, 3.8) is 0 Å². The third-order valence-electron chi connectivity index (χ3n) is 3.38. The molecule has 7 nitrogen and oxygen atoms in total. The number of rotatable bonds is 10. The van der Waals surface area contributed by atoms with Gasteiger partial charge in [0.2, 0.25) is 11.8 Å². The summed E-state index contributed by atoms with van der Waals surface area (Å²) in [5.41, 5.74) is 6.67. The van der Waals surface area contributed by atoms with Gasteiger partial charge in [0, 0.05) is 30.9 Å². The van der Waals surface area contributed by atoms with E-state index >= 15 is 0 Å². The molecule has 134 valence electrons. The Labute approximate surface area is 146 Å². The first-order valence-corrected chi connectivity index (χ1v) is 8.01. The number of aryl methyl sites for hydroxylation is 1. The van der Waals surface area contributed by atoms with Crippen LogP contribution in [-0.2, 0) is 0 Å². The zero-order valence-corrected chi connectivity index (χ0v) is 14.1. The van der Waals surface area contributed by atoms with Crippen molar-refractivity contribution in [2.24, 2.45) is 5.73 Å². The second-order valence-electron chi connectivity index (χ2n) is 5.58. The molecule has 0 spiro atoms. The molecule has 0 aliphatic carbocycles. The highest BCUT2D eigenvalue weighted by Crippen LogP contribution is 2.11. The lowest BCUT2D eigenvalue weighted by Gasteiger charge is -2.13. The number of benzene rings is 1. The molecule has 25 heavy (non-hydrogen) atoms. The number of nitrogens with one attached hydrogen (secondary N) is 1. The quantitative estimate of drug-likeness (QED) is 0.552. The van der Waals surface area contributed by atoms with Crippen LogP contribution in [0.2, 0.25) is 0 Å². The molecule has 0 saturated carbocycles. The number of aromatic nitrogens is 1. The van der Waals surface area contributed by atoms with Crippen molar-refractivity contribution >= 4 is 5.91 Å². The smallest absolute Gasteiger partial charge is 0.248 e. The van der Waals surface area contributed by atoms with Crippen LogP contribution in [0.1, 0.15) is 15.9 Å². The van der Waals surface area contributed by atoms with Gasteiger partial charge >= 0.3 is 0 Å². The summed E-state index contributed by atoms with van der Waals surface area (Å²) in [6, 6.07) is 10.3. The topological polar surface area (TPSA) is 107 Å². The van der Waals surface area contributed by atoms with Crippen molar-refractivity contribution in [3.8, 4) is 11.6 Å². The molecule has 0 fully saturated rings. The predicted molar refractivity (Wildman–Crippen MR) is 93.8 cm³/mol. The van der Waals surface area contributed by atoms with E-state index in [0.717, 1.165) is 5.56 Å². The van der Waals surface area contributed by atoms with Gasteiger partial charge < -0.3 is 25.6 Å². The van der Waals surface area contributed by atoms with Gasteiger partial charge in [-0.2, -0.15) is 0 Å². The molecule has 0 saturated heterocycles. The molecule has 1 aromatic carbocycles. The minimum absolute atomic E-state index is 0.166. The van der Waals surface area contributed by atoms with Crippen molar-refractivity contribution in [1.82, 2.24) is 10.3 Å². The molecular formula is C18H23N3O4. The lowest BCUT2D eigenvalue weighted by atomic mass is 10.2. The van der Waals surface area contributed by atoms with Gasteiger partial charge in [-0.3, -0.25) is 4.79 Å². The number of ether oxygens (including phenoxy) is 2. The first-order chi connectivity index (χ1) is 12.0. The number of nitrogens with two attached hydrogens (primary N) is 1. The molecule has 2 aromatic rings. The highest BCUT2D eigenvalue weighted by Gasteiger charge is 2.06. The number of primary amides is 1. The van der Waals surface area contributed by atoms with Crippen molar-refractivity contribution in [2.75, 3.05) is 26.3 Å². The van der Waals surface area contributed by atoms with Crippen LogP contribution < -0.4 is 20.5 Å². The maximum Gasteiger partial charge on any atom is 0.248 e. The fourth-order valence-corrected chi connectivity index (χ4v) is 2.05. The van der Waals surface area contributed by atoms with E-state index in [9.17, 15) is 9.90 Å². The molecule has 1 aromatic heterocycles. The van der Waals surface area contributed by atoms with Crippen molar-refractivity contribution in [1.29, 1.82) is 0 Å². The summed E-state index contributed by atoms with van der Waals surface area (Å²) < 4.78 is 11.0. The summed E-state index contributed by atoms with van der Waals surface area (Å²) in [6.45, 7) is 3.50.